The average Bonchev–Trinajstić information content (AvgIpc) is 3.13. The number of carbonyl (C=O) groups is 1. The number of amides is 1. The monoisotopic (exact) mass is 385 g/mol. The molecule has 0 spiro atoms. The number of fused-ring (bicyclic) bond motifs is 1. The highest BCUT2D eigenvalue weighted by molar-refractivity contribution is 6.30. The van der Waals surface area contributed by atoms with Gasteiger partial charge in [-0.15, -0.1) is 0 Å². The number of piperidine rings is 1. The average molecular weight is 386 g/mol. The molecule has 0 unspecified atom stereocenters. The van der Waals surface area contributed by atoms with E-state index in [1.807, 2.05) is 37.4 Å². The van der Waals surface area contributed by atoms with Crippen molar-refractivity contribution < 1.29 is 9.53 Å². The highest BCUT2D eigenvalue weighted by atomic mass is 35.5. The highest BCUT2D eigenvalue weighted by Gasteiger charge is 2.27. The predicted molar refractivity (Wildman–Crippen MR) is 102 cm³/mol. The molecule has 3 heterocycles. The molecule has 1 saturated heterocycles. The van der Waals surface area contributed by atoms with Gasteiger partial charge in [-0.05, 0) is 44.0 Å². The van der Waals surface area contributed by atoms with E-state index in [-0.39, 0.29) is 12.0 Å². The van der Waals surface area contributed by atoms with Gasteiger partial charge >= 0.3 is 6.09 Å². The Morgan fingerprint density at radius 1 is 1.22 bits per heavy atom. The van der Waals surface area contributed by atoms with Crippen LogP contribution in [0.2, 0.25) is 5.02 Å². The molecule has 140 valence electrons. The minimum absolute atomic E-state index is 0.237. The van der Waals surface area contributed by atoms with Gasteiger partial charge in [0.15, 0.2) is 5.65 Å². The molecule has 0 atom stereocenters. The molecule has 8 heteroatoms. The van der Waals surface area contributed by atoms with Gasteiger partial charge in [-0.25, -0.2) is 19.4 Å². The predicted octanol–water partition coefficient (Wildman–Crippen LogP) is 3.80. The highest BCUT2D eigenvalue weighted by Crippen LogP contribution is 2.31. The summed E-state index contributed by atoms with van der Waals surface area (Å²) in [6, 6.07) is 7.48. The van der Waals surface area contributed by atoms with E-state index in [0.29, 0.717) is 24.7 Å². The van der Waals surface area contributed by atoms with Gasteiger partial charge in [0.05, 0.1) is 29.6 Å². The molecule has 7 nitrogen and oxygen atoms in total. The summed E-state index contributed by atoms with van der Waals surface area (Å²) in [6.45, 7) is 3.55. The zero-order valence-corrected chi connectivity index (χ0v) is 15.8. The van der Waals surface area contributed by atoms with Crippen LogP contribution in [-0.2, 0) is 4.74 Å². The Morgan fingerprint density at radius 3 is 2.67 bits per heavy atom. The smallest absolute Gasteiger partial charge is 0.409 e. The van der Waals surface area contributed by atoms with E-state index in [9.17, 15) is 4.79 Å². The summed E-state index contributed by atoms with van der Waals surface area (Å²) >= 11 is 5.98. The Balaban J connectivity index is 1.59. The van der Waals surface area contributed by atoms with E-state index in [1.165, 1.54) is 0 Å². The molecule has 27 heavy (non-hydrogen) atoms. The summed E-state index contributed by atoms with van der Waals surface area (Å²) in [6.07, 6.45) is 4.86. The quantitative estimate of drug-likeness (QED) is 0.685. The second kappa shape index (κ2) is 7.52. The van der Waals surface area contributed by atoms with E-state index in [0.717, 1.165) is 35.3 Å². The van der Waals surface area contributed by atoms with Crippen LogP contribution in [0.15, 0.2) is 36.8 Å². The molecule has 0 bridgehead atoms. The maximum absolute atomic E-state index is 11.9. The van der Waals surface area contributed by atoms with Crippen LogP contribution in [0.5, 0.6) is 0 Å². The van der Waals surface area contributed by atoms with Gasteiger partial charge in [-0.2, -0.15) is 5.10 Å². The van der Waals surface area contributed by atoms with E-state index in [1.54, 1.807) is 15.9 Å². The summed E-state index contributed by atoms with van der Waals surface area (Å²) in [5.41, 5.74) is 2.66. The van der Waals surface area contributed by atoms with Crippen LogP contribution >= 0.6 is 11.6 Å². The Morgan fingerprint density at radius 2 is 1.96 bits per heavy atom. The zero-order valence-electron chi connectivity index (χ0n) is 15.0. The first-order valence-electron chi connectivity index (χ1n) is 9.03. The number of rotatable bonds is 3. The molecule has 2 aromatic heterocycles. The van der Waals surface area contributed by atoms with E-state index in [4.69, 9.17) is 16.3 Å². The molecule has 1 fully saturated rings. The van der Waals surface area contributed by atoms with Gasteiger partial charge in [0.25, 0.3) is 0 Å². The molecule has 4 rings (SSSR count). The van der Waals surface area contributed by atoms with Gasteiger partial charge in [-0.3, -0.25) is 0 Å². The van der Waals surface area contributed by atoms with Gasteiger partial charge in [0.1, 0.15) is 6.33 Å². The Kier molecular flexibility index (Phi) is 4.94. The lowest BCUT2D eigenvalue weighted by Gasteiger charge is -2.31. The lowest BCUT2D eigenvalue weighted by atomic mass is 9.92. The van der Waals surface area contributed by atoms with Crippen molar-refractivity contribution >= 4 is 28.7 Å². The fourth-order valence-corrected chi connectivity index (χ4v) is 3.64. The molecule has 1 aromatic carbocycles. The third kappa shape index (κ3) is 3.47. The Labute approximate surface area is 161 Å². The summed E-state index contributed by atoms with van der Waals surface area (Å²) in [5.74, 6) is 0.268. The first-order valence-corrected chi connectivity index (χ1v) is 9.41. The van der Waals surface area contributed by atoms with Crippen molar-refractivity contribution in [2.75, 3.05) is 19.7 Å². The summed E-state index contributed by atoms with van der Waals surface area (Å²) in [5, 5.41) is 6.13. The molecule has 1 aliphatic rings. The molecule has 0 N–H and O–H groups in total. The Hall–Kier alpha value is -2.67. The van der Waals surface area contributed by atoms with Crippen LogP contribution < -0.4 is 0 Å². The van der Waals surface area contributed by atoms with Crippen LogP contribution in [0, 0.1) is 0 Å². The number of hydrogen-bond acceptors (Lipinski definition) is 5. The third-order valence-electron chi connectivity index (χ3n) is 4.88. The summed E-state index contributed by atoms with van der Waals surface area (Å²) in [7, 11) is 0. The number of aromatic nitrogens is 4. The van der Waals surface area contributed by atoms with Gasteiger partial charge in [-0.1, -0.05) is 11.6 Å². The van der Waals surface area contributed by atoms with Crippen molar-refractivity contribution in [3.63, 3.8) is 0 Å². The van der Waals surface area contributed by atoms with Crippen LogP contribution in [0.4, 0.5) is 4.79 Å². The van der Waals surface area contributed by atoms with Gasteiger partial charge in [0, 0.05) is 24.0 Å². The molecule has 3 aromatic rings. The molecule has 0 aliphatic carbocycles. The van der Waals surface area contributed by atoms with Crippen LogP contribution in [0.3, 0.4) is 0 Å². The van der Waals surface area contributed by atoms with Crippen LogP contribution in [0.1, 0.15) is 31.4 Å². The van der Waals surface area contributed by atoms with E-state index < -0.39 is 0 Å². The first kappa shape index (κ1) is 17.7. The minimum Gasteiger partial charge on any atom is -0.450 e. The van der Waals surface area contributed by atoms with E-state index >= 15 is 0 Å². The van der Waals surface area contributed by atoms with Crippen molar-refractivity contribution in [3.05, 3.63) is 47.5 Å². The maximum atomic E-state index is 11.9. The van der Waals surface area contributed by atoms with Crippen molar-refractivity contribution in [3.8, 4) is 5.69 Å². The molecule has 1 amide bonds. The number of nitrogens with zero attached hydrogens (tertiary/aromatic N) is 5. The lowest BCUT2D eigenvalue weighted by molar-refractivity contribution is 0.0969. The molecule has 0 saturated carbocycles. The van der Waals surface area contributed by atoms with E-state index in [2.05, 4.69) is 15.1 Å². The van der Waals surface area contributed by atoms with Crippen LogP contribution in [0.25, 0.3) is 16.7 Å². The van der Waals surface area contributed by atoms with Crippen molar-refractivity contribution in [2.45, 2.75) is 25.7 Å². The molecular weight excluding hydrogens is 366 g/mol. The number of carbonyl (C=O) groups excluding carboxylic acids is 1. The lowest BCUT2D eigenvalue weighted by Crippen LogP contribution is -2.38. The standard InChI is InChI=1S/C19H20ClN5O2/c1-2-27-19(26)24-9-7-13(8-10-24)17-16-11-23-25(18(16)22-12-21-17)15-5-3-14(20)4-6-15/h3-6,11-13H,2,7-10H2,1H3. The Bertz CT molecular complexity index is 948. The van der Waals surface area contributed by atoms with Crippen molar-refractivity contribution in [1.29, 1.82) is 0 Å². The van der Waals surface area contributed by atoms with Crippen LogP contribution in [-0.4, -0.2) is 50.4 Å². The number of benzene rings is 1. The van der Waals surface area contributed by atoms with Gasteiger partial charge in [0.2, 0.25) is 0 Å². The number of hydrogen-bond donors (Lipinski definition) is 0. The maximum Gasteiger partial charge on any atom is 0.409 e. The third-order valence-corrected chi connectivity index (χ3v) is 5.13. The summed E-state index contributed by atoms with van der Waals surface area (Å²) in [4.78, 5) is 22.6. The minimum atomic E-state index is -0.237. The second-order valence-electron chi connectivity index (χ2n) is 6.49. The largest absolute Gasteiger partial charge is 0.450 e. The molecular formula is C19H20ClN5O2. The van der Waals surface area contributed by atoms with Crippen molar-refractivity contribution in [1.82, 2.24) is 24.6 Å². The fraction of sp³-hybridized carbons (Fsp3) is 0.368. The first-order chi connectivity index (χ1) is 13.2. The van der Waals surface area contributed by atoms with Gasteiger partial charge < -0.3 is 9.64 Å². The fourth-order valence-electron chi connectivity index (χ4n) is 3.51. The topological polar surface area (TPSA) is 73.1 Å². The number of likely N-dealkylation sites (tertiary alicyclic amines) is 1. The number of ether oxygens (including phenoxy) is 1. The number of halogens is 1. The molecule has 1 aliphatic heterocycles. The van der Waals surface area contributed by atoms with Crippen molar-refractivity contribution in [2.24, 2.45) is 0 Å². The zero-order chi connectivity index (χ0) is 18.8. The normalized spacial score (nSPS) is 15.3. The second-order valence-corrected chi connectivity index (χ2v) is 6.93. The summed E-state index contributed by atoms with van der Waals surface area (Å²) < 4.78 is 6.89. The SMILES string of the molecule is CCOC(=O)N1CCC(c2ncnc3c2cnn3-c2ccc(Cl)cc2)CC1. The molecule has 0 radical (unpaired) electrons.